The second-order valence-corrected chi connectivity index (χ2v) is 3.25. The van der Waals surface area contributed by atoms with Crippen LogP contribution < -0.4 is 5.32 Å². The maximum Gasteiger partial charge on any atom is 0.401 e. The molecule has 0 saturated heterocycles. The maximum absolute atomic E-state index is 11.6. The van der Waals surface area contributed by atoms with Crippen molar-refractivity contribution in [1.82, 2.24) is 5.32 Å². The Morgan fingerprint density at radius 3 is 2.00 bits per heavy atom. The smallest absolute Gasteiger partial charge is 0.302 e. The minimum absolute atomic E-state index is 0.156. The molecule has 1 nitrogen and oxygen atoms in total. The van der Waals surface area contributed by atoms with Gasteiger partial charge in [-0.3, -0.25) is 0 Å². The van der Waals surface area contributed by atoms with Gasteiger partial charge < -0.3 is 5.32 Å². The summed E-state index contributed by atoms with van der Waals surface area (Å²) in [6.45, 7) is 2.24. The van der Waals surface area contributed by atoms with Crippen molar-refractivity contribution in [2.24, 2.45) is 0 Å². The van der Waals surface area contributed by atoms with Gasteiger partial charge in [-0.05, 0) is 13.8 Å². The number of nitrogens with one attached hydrogen (secondary N) is 1. The van der Waals surface area contributed by atoms with E-state index in [1.807, 2.05) is 0 Å². The molecular formula is C6H11ClF3N. The summed E-state index contributed by atoms with van der Waals surface area (Å²) in [6, 6.07) is 0. The highest BCUT2D eigenvalue weighted by molar-refractivity contribution is 6.18. The quantitative estimate of drug-likeness (QED) is 0.671. The van der Waals surface area contributed by atoms with E-state index in [0.29, 0.717) is 0 Å². The predicted octanol–water partition coefficient (Wildman–Crippen LogP) is 2.16. The standard InChI is InChI=1S/C6H11ClF3N/c1-5(2,3-7)11-4-6(8,9)10/h11H,3-4H2,1-2H3. The summed E-state index contributed by atoms with van der Waals surface area (Å²) in [7, 11) is 0. The Balaban J connectivity index is 3.70. The Labute approximate surface area is 68.9 Å². The van der Waals surface area contributed by atoms with E-state index in [1.54, 1.807) is 13.8 Å². The van der Waals surface area contributed by atoms with Crippen LogP contribution in [0.3, 0.4) is 0 Å². The molecule has 0 aliphatic rings. The fourth-order valence-electron chi connectivity index (χ4n) is 0.387. The van der Waals surface area contributed by atoms with E-state index in [1.165, 1.54) is 0 Å². The molecule has 0 fully saturated rings. The molecule has 0 aromatic rings. The Morgan fingerprint density at radius 2 is 1.73 bits per heavy atom. The molecule has 0 rings (SSSR count). The van der Waals surface area contributed by atoms with Crippen LogP contribution in [0.5, 0.6) is 0 Å². The van der Waals surface area contributed by atoms with Crippen LogP contribution in [0.15, 0.2) is 0 Å². The molecule has 11 heavy (non-hydrogen) atoms. The molecule has 0 unspecified atom stereocenters. The fourth-order valence-corrected chi connectivity index (χ4v) is 0.481. The first-order chi connectivity index (χ1) is 4.77. The van der Waals surface area contributed by atoms with E-state index >= 15 is 0 Å². The summed E-state index contributed by atoms with van der Waals surface area (Å²) in [5.41, 5.74) is -0.656. The molecule has 0 aliphatic heterocycles. The van der Waals surface area contributed by atoms with Gasteiger partial charge in [0.2, 0.25) is 0 Å². The highest BCUT2D eigenvalue weighted by atomic mass is 35.5. The number of hydrogen-bond acceptors (Lipinski definition) is 1. The molecule has 0 radical (unpaired) electrons. The molecule has 0 heterocycles. The van der Waals surface area contributed by atoms with Gasteiger partial charge in [0.05, 0.1) is 6.54 Å². The summed E-state index contributed by atoms with van der Waals surface area (Å²) < 4.78 is 34.9. The topological polar surface area (TPSA) is 12.0 Å². The Kier molecular flexibility index (Phi) is 3.64. The molecule has 0 aliphatic carbocycles. The minimum atomic E-state index is -4.16. The van der Waals surface area contributed by atoms with Crippen molar-refractivity contribution in [3.05, 3.63) is 0 Å². The maximum atomic E-state index is 11.6. The van der Waals surface area contributed by atoms with Gasteiger partial charge in [0, 0.05) is 11.4 Å². The van der Waals surface area contributed by atoms with Crippen LogP contribution in [0.4, 0.5) is 13.2 Å². The third kappa shape index (κ3) is 6.44. The Hall–Kier alpha value is 0.0400. The van der Waals surface area contributed by atoms with Gasteiger partial charge in [0.1, 0.15) is 0 Å². The first-order valence-electron chi connectivity index (χ1n) is 3.14. The fraction of sp³-hybridized carbons (Fsp3) is 1.00. The lowest BCUT2D eigenvalue weighted by molar-refractivity contribution is -0.127. The molecule has 1 N–H and O–H groups in total. The summed E-state index contributed by atoms with van der Waals surface area (Å²) in [5, 5.41) is 2.29. The summed E-state index contributed by atoms with van der Waals surface area (Å²) in [4.78, 5) is 0. The van der Waals surface area contributed by atoms with Gasteiger partial charge in [0.25, 0.3) is 0 Å². The molecule has 0 atom stereocenters. The highest BCUT2D eigenvalue weighted by Gasteiger charge is 2.29. The number of halogens is 4. The number of alkyl halides is 4. The molecule has 0 saturated carbocycles. The van der Waals surface area contributed by atoms with Crippen LogP contribution >= 0.6 is 11.6 Å². The van der Waals surface area contributed by atoms with E-state index in [9.17, 15) is 13.2 Å². The first kappa shape index (κ1) is 11.0. The second-order valence-electron chi connectivity index (χ2n) is 2.99. The molecule has 68 valence electrons. The van der Waals surface area contributed by atoms with Crippen molar-refractivity contribution in [2.45, 2.75) is 25.6 Å². The lowest BCUT2D eigenvalue weighted by Gasteiger charge is -2.23. The van der Waals surface area contributed by atoms with Gasteiger partial charge in [-0.1, -0.05) is 0 Å². The van der Waals surface area contributed by atoms with Gasteiger partial charge >= 0.3 is 6.18 Å². The van der Waals surface area contributed by atoms with Crippen LogP contribution in [-0.2, 0) is 0 Å². The summed E-state index contributed by atoms with van der Waals surface area (Å²) >= 11 is 5.39. The zero-order chi connectivity index (χ0) is 9.12. The number of hydrogen-bond donors (Lipinski definition) is 1. The SMILES string of the molecule is CC(C)(CCl)NCC(F)(F)F. The van der Waals surface area contributed by atoms with Crippen molar-refractivity contribution in [3.63, 3.8) is 0 Å². The lowest BCUT2D eigenvalue weighted by atomic mass is 10.1. The lowest BCUT2D eigenvalue weighted by Crippen LogP contribution is -2.45. The zero-order valence-electron chi connectivity index (χ0n) is 6.43. The first-order valence-corrected chi connectivity index (χ1v) is 3.68. The van der Waals surface area contributed by atoms with Crippen LogP contribution in [0.1, 0.15) is 13.8 Å². The van der Waals surface area contributed by atoms with Crippen LogP contribution in [0.2, 0.25) is 0 Å². The van der Waals surface area contributed by atoms with Gasteiger partial charge in [0.15, 0.2) is 0 Å². The molecular weight excluding hydrogens is 179 g/mol. The second kappa shape index (κ2) is 3.63. The normalized spacial score (nSPS) is 13.6. The molecule has 0 spiro atoms. The van der Waals surface area contributed by atoms with Crippen LogP contribution in [0.25, 0.3) is 0 Å². The average Bonchev–Trinajstić information content (AvgIpc) is 1.83. The van der Waals surface area contributed by atoms with Gasteiger partial charge in [-0.15, -0.1) is 11.6 Å². The predicted molar refractivity (Wildman–Crippen MR) is 38.9 cm³/mol. The average molecular weight is 190 g/mol. The monoisotopic (exact) mass is 189 g/mol. The van der Waals surface area contributed by atoms with Crippen molar-refractivity contribution in [1.29, 1.82) is 0 Å². The van der Waals surface area contributed by atoms with E-state index in [2.05, 4.69) is 5.32 Å². The number of rotatable bonds is 3. The highest BCUT2D eigenvalue weighted by Crippen LogP contribution is 2.15. The van der Waals surface area contributed by atoms with Crippen molar-refractivity contribution in [3.8, 4) is 0 Å². The van der Waals surface area contributed by atoms with Gasteiger partial charge in [-0.25, -0.2) is 0 Å². The molecule has 5 heteroatoms. The van der Waals surface area contributed by atoms with E-state index in [-0.39, 0.29) is 5.88 Å². The van der Waals surface area contributed by atoms with Crippen LogP contribution in [0, 0.1) is 0 Å². The van der Waals surface area contributed by atoms with Crippen molar-refractivity contribution in [2.75, 3.05) is 12.4 Å². The van der Waals surface area contributed by atoms with Gasteiger partial charge in [-0.2, -0.15) is 13.2 Å². The molecule has 0 aromatic carbocycles. The summed E-state index contributed by atoms with van der Waals surface area (Å²) in [5.74, 6) is 0.156. The third-order valence-corrected chi connectivity index (χ3v) is 1.77. The molecule has 0 aromatic heterocycles. The molecule has 0 bridgehead atoms. The van der Waals surface area contributed by atoms with E-state index in [4.69, 9.17) is 11.6 Å². The van der Waals surface area contributed by atoms with E-state index < -0.39 is 18.3 Å². The third-order valence-electron chi connectivity index (χ3n) is 1.10. The van der Waals surface area contributed by atoms with Crippen molar-refractivity contribution >= 4 is 11.6 Å². The van der Waals surface area contributed by atoms with Crippen molar-refractivity contribution < 1.29 is 13.2 Å². The largest absolute Gasteiger partial charge is 0.401 e. The van der Waals surface area contributed by atoms with Crippen LogP contribution in [-0.4, -0.2) is 24.1 Å². The van der Waals surface area contributed by atoms with E-state index in [0.717, 1.165) is 0 Å². The zero-order valence-corrected chi connectivity index (χ0v) is 7.18. The molecule has 0 amide bonds. The summed E-state index contributed by atoms with van der Waals surface area (Å²) in [6.07, 6.45) is -4.16. The Bertz CT molecular complexity index is 121. The minimum Gasteiger partial charge on any atom is -0.302 e. The Morgan fingerprint density at radius 1 is 1.27 bits per heavy atom.